The van der Waals surface area contributed by atoms with Crippen LogP contribution >= 0.6 is 0 Å². The van der Waals surface area contributed by atoms with Crippen LogP contribution in [-0.2, 0) is 0 Å². The van der Waals surface area contributed by atoms with Crippen molar-refractivity contribution in [2.75, 3.05) is 24.3 Å². The Morgan fingerprint density at radius 3 is 2.95 bits per heavy atom. The van der Waals surface area contributed by atoms with Gasteiger partial charge in [0.1, 0.15) is 5.82 Å². The Morgan fingerprint density at radius 2 is 2.25 bits per heavy atom. The van der Waals surface area contributed by atoms with Gasteiger partial charge in [0.05, 0.1) is 17.6 Å². The summed E-state index contributed by atoms with van der Waals surface area (Å²) in [4.78, 5) is 22.3. The number of carbonyl (C=O) groups excluding carboxylic acids is 1. The van der Waals surface area contributed by atoms with Gasteiger partial charge in [0, 0.05) is 26.2 Å². The minimum Gasteiger partial charge on any atom is -0.376 e. The van der Waals surface area contributed by atoms with E-state index < -0.39 is 0 Å². The molecule has 0 aliphatic heterocycles. The molecule has 0 bridgehead atoms. The average Bonchev–Trinajstić information content (AvgIpc) is 3.16. The van der Waals surface area contributed by atoms with Gasteiger partial charge in [-0.1, -0.05) is 0 Å². The standard InChI is InChI=1S/C13H16N6O/c1-19(2)10-5-6-14-7-9(10)15-13(20)12-16-11(17-18-12)8-3-4-8/h5-8H,3-4H2,1-2H3,(H,15,20)(H,16,17,18). The van der Waals surface area contributed by atoms with Crippen molar-refractivity contribution in [2.45, 2.75) is 18.8 Å². The van der Waals surface area contributed by atoms with Crippen molar-refractivity contribution in [1.29, 1.82) is 0 Å². The molecule has 1 saturated carbocycles. The fourth-order valence-corrected chi connectivity index (χ4v) is 1.97. The van der Waals surface area contributed by atoms with Crippen molar-refractivity contribution in [3.8, 4) is 0 Å². The second kappa shape index (κ2) is 4.92. The molecule has 20 heavy (non-hydrogen) atoms. The second-order valence-electron chi connectivity index (χ2n) is 5.06. The van der Waals surface area contributed by atoms with Crippen LogP contribution in [0, 0.1) is 0 Å². The maximum absolute atomic E-state index is 12.1. The summed E-state index contributed by atoms with van der Waals surface area (Å²) in [5.41, 5.74) is 1.52. The molecule has 0 spiro atoms. The molecule has 2 heterocycles. The summed E-state index contributed by atoms with van der Waals surface area (Å²) in [6, 6.07) is 1.84. The highest BCUT2D eigenvalue weighted by molar-refractivity contribution is 6.03. The first-order valence-corrected chi connectivity index (χ1v) is 6.50. The number of aromatic amines is 1. The zero-order chi connectivity index (χ0) is 14.1. The Kier molecular flexibility index (Phi) is 3.09. The third-order valence-corrected chi connectivity index (χ3v) is 3.20. The van der Waals surface area contributed by atoms with Gasteiger partial charge in [-0.2, -0.15) is 0 Å². The molecule has 0 aromatic carbocycles. The quantitative estimate of drug-likeness (QED) is 0.878. The van der Waals surface area contributed by atoms with E-state index in [2.05, 4.69) is 25.5 Å². The van der Waals surface area contributed by atoms with Crippen LogP contribution < -0.4 is 10.2 Å². The monoisotopic (exact) mass is 272 g/mol. The molecule has 1 aliphatic carbocycles. The molecule has 0 saturated heterocycles. The summed E-state index contributed by atoms with van der Waals surface area (Å²) < 4.78 is 0. The van der Waals surface area contributed by atoms with Crippen molar-refractivity contribution >= 4 is 17.3 Å². The van der Waals surface area contributed by atoms with Crippen molar-refractivity contribution < 1.29 is 4.79 Å². The number of nitrogens with zero attached hydrogens (tertiary/aromatic N) is 4. The molecule has 0 atom stereocenters. The number of H-pyrrole nitrogens is 1. The lowest BCUT2D eigenvalue weighted by Gasteiger charge is -2.16. The van der Waals surface area contributed by atoms with Crippen molar-refractivity contribution in [3.05, 3.63) is 30.1 Å². The van der Waals surface area contributed by atoms with Crippen LogP contribution in [0.3, 0.4) is 0 Å². The third-order valence-electron chi connectivity index (χ3n) is 3.20. The number of anilines is 2. The molecular formula is C13H16N6O. The Balaban J connectivity index is 1.78. The van der Waals surface area contributed by atoms with Crippen molar-refractivity contribution in [3.63, 3.8) is 0 Å². The molecular weight excluding hydrogens is 256 g/mol. The van der Waals surface area contributed by atoms with Crippen molar-refractivity contribution in [1.82, 2.24) is 20.2 Å². The average molecular weight is 272 g/mol. The smallest absolute Gasteiger partial charge is 0.295 e. The lowest BCUT2D eigenvalue weighted by atomic mass is 10.3. The van der Waals surface area contributed by atoms with Gasteiger partial charge in [0.25, 0.3) is 5.91 Å². The minimum atomic E-state index is -0.329. The number of pyridine rings is 1. The van der Waals surface area contributed by atoms with Gasteiger partial charge in [-0.05, 0) is 18.9 Å². The van der Waals surface area contributed by atoms with E-state index in [1.807, 2.05) is 25.1 Å². The zero-order valence-corrected chi connectivity index (χ0v) is 11.4. The second-order valence-corrected chi connectivity index (χ2v) is 5.06. The topological polar surface area (TPSA) is 86.8 Å². The van der Waals surface area contributed by atoms with Gasteiger partial charge < -0.3 is 10.2 Å². The van der Waals surface area contributed by atoms with Gasteiger partial charge in [0.2, 0.25) is 5.82 Å². The van der Waals surface area contributed by atoms with E-state index >= 15 is 0 Å². The molecule has 3 rings (SSSR count). The summed E-state index contributed by atoms with van der Waals surface area (Å²) in [7, 11) is 3.81. The first kappa shape index (κ1) is 12.6. The number of rotatable bonds is 4. The highest BCUT2D eigenvalue weighted by atomic mass is 16.2. The van der Waals surface area contributed by atoms with E-state index in [1.54, 1.807) is 12.4 Å². The first-order valence-electron chi connectivity index (χ1n) is 6.50. The molecule has 1 amide bonds. The maximum Gasteiger partial charge on any atom is 0.295 e. The van der Waals surface area contributed by atoms with Crippen LogP contribution in [0.4, 0.5) is 11.4 Å². The molecule has 2 aromatic heterocycles. The number of carbonyl (C=O) groups is 1. The highest BCUT2D eigenvalue weighted by Crippen LogP contribution is 2.37. The van der Waals surface area contributed by atoms with Crippen LogP contribution in [0.25, 0.3) is 0 Å². The minimum absolute atomic E-state index is 0.167. The van der Waals surface area contributed by atoms with E-state index in [9.17, 15) is 4.79 Å². The molecule has 7 nitrogen and oxygen atoms in total. The van der Waals surface area contributed by atoms with E-state index in [4.69, 9.17) is 0 Å². The Morgan fingerprint density at radius 1 is 1.45 bits per heavy atom. The van der Waals surface area contributed by atoms with Gasteiger partial charge in [0.15, 0.2) is 0 Å². The summed E-state index contributed by atoms with van der Waals surface area (Å²) in [5, 5.41) is 9.58. The maximum atomic E-state index is 12.1. The van der Waals surface area contributed by atoms with Crippen LogP contribution in [0.1, 0.15) is 35.2 Å². The molecule has 0 radical (unpaired) electrons. The number of amides is 1. The molecule has 2 N–H and O–H groups in total. The van der Waals surface area contributed by atoms with E-state index in [0.717, 1.165) is 24.4 Å². The molecule has 7 heteroatoms. The number of aromatic nitrogens is 4. The Bertz CT molecular complexity index is 631. The number of nitrogens with one attached hydrogen (secondary N) is 2. The lowest BCUT2D eigenvalue weighted by molar-refractivity contribution is 0.101. The van der Waals surface area contributed by atoms with Crippen LogP contribution in [0.15, 0.2) is 18.5 Å². The van der Waals surface area contributed by atoms with Crippen LogP contribution in [0.5, 0.6) is 0 Å². The fourth-order valence-electron chi connectivity index (χ4n) is 1.97. The van der Waals surface area contributed by atoms with Crippen LogP contribution in [-0.4, -0.2) is 40.2 Å². The molecule has 104 valence electrons. The van der Waals surface area contributed by atoms with Crippen molar-refractivity contribution in [2.24, 2.45) is 0 Å². The lowest BCUT2D eigenvalue weighted by Crippen LogP contribution is -2.18. The fraction of sp³-hybridized carbons (Fsp3) is 0.385. The summed E-state index contributed by atoms with van der Waals surface area (Å²) >= 11 is 0. The predicted molar refractivity (Wildman–Crippen MR) is 74.9 cm³/mol. The van der Waals surface area contributed by atoms with Crippen LogP contribution in [0.2, 0.25) is 0 Å². The number of hydrogen-bond donors (Lipinski definition) is 2. The number of hydrogen-bond acceptors (Lipinski definition) is 5. The van der Waals surface area contributed by atoms with E-state index in [0.29, 0.717) is 11.6 Å². The molecule has 0 unspecified atom stereocenters. The van der Waals surface area contributed by atoms with E-state index in [1.165, 1.54) is 0 Å². The summed E-state index contributed by atoms with van der Waals surface area (Å²) in [6.07, 6.45) is 5.53. The highest BCUT2D eigenvalue weighted by Gasteiger charge is 2.28. The Hall–Kier alpha value is -2.44. The third kappa shape index (κ3) is 2.47. The van der Waals surface area contributed by atoms with Gasteiger partial charge >= 0.3 is 0 Å². The Labute approximate surface area is 116 Å². The predicted octanol–water partition coefficient (Wildman–Crippen LogP) is 1.40. The van der Waals surface area contributed by atoms with Gasteiger partial charge in [-0.3, -0.25) is 14.9 Å². The largest absolute Gasteiger partial charge is 0.376 e. The normalized spacial score (nSPS) is 14.1. The van der Waals surface area contributed by atoms with E-state index in [-0.39, 0.29) is 11.7 Å². The SMILES string of the molecule is CN(C)c1ccncc1NC(=O)c1n[nH]c(C2CC2)n1. The zero-order valence-electron chi connectivity index (χ0n) is 11.4. The summed E-state index contributed by atoms with van der Waals surface area (Å²) in [6.45, 7) is 0. The molecule has 2 aromatic rings. The van der Waals surface area contributed by atoms with Gasteiger partial charge in [-0.25, -0.2) is 4.98 Å². The van der Waals surface area contributed by atoms with Gasteiger partial charge in [-0.15, -0.1) is 5.10 Å². The summed E-state index contributed by atoms with van der Waals surface area (Å²) in [5.74, 6) is 1.08. The molecule has 1 aliphatic rings. The molecule has 1 fully saturated rings. The first-order chi connectivity index (χ1) is 9.65.